The van der Waals surface area contributed by atoms with Gasteiger partial charge in [0, 0.05) is 0 Å². The Bertz CT molecular complexity index is 359. The molecule has 0 aliphatic heterocycles. The monoisotopic (exact) mass is 336 g/mol. The highest BCUT2D eigenvalue weighted by Gasteiger charge is 2.82. The van der Waals surface area contributed by atoms with Gasteiger partial charge in [0.15, 0.2) is 0 Å². The molecule has 0 aromatic carbocycles. The van der Waals surface area contributed by atoms with Gasteiger partial charge in [-0.05, 0) is 0 Å². The van der Waals surface area contributed by atoms with Gasteiger partial charge in [0.2, 0.25) is 0 Å². The molecule has 0 aromatic heterocycles. The SMILES string of the molecule is FC(F)(F)C(F)(F)C(F)(F)C(F)(F)F.O=S(=O)(O)O. The summed E-state index contributed by atoms with van der Waals surface area (Å²) < 4.78 is 145. The average Bonchev–Trinajstić information content (AvgIpc) is 1.95. The van der Waals surface area contributed by atoms with Gasteiger partial charge < -0.3 is 0 Å². The number of alkyl halides is 10. The first-order valence-electron chi connectivity index (χ1n) is 3.34. The molecule has 118 valence electrons. The van der Waals surface area contributed by atoms with Crippen LogP contribution in [0.1, 0.15) is 0 Å². The fourth-order valence-corrected chi connectivity index (χ4v) is 0.356. The van der Waals surface area contributed by atoms with Crippen LogP contribution in [-0.2, 0) is 10.4 Å². The van der Waals surface area contributed by atoms with Crippen molar-refractivity contribution >= 4 is 10.4 Å². The predicted molar refractivity (Wildman–Crippen MR) is 36.2 cm³/mol. The van der Waals surface area contributed by atoms with Crippen LogP contribution in [-0.4, -0.2) is 41.7 Å². The smallest absolute Gasteiger partial charge is 0.264 e. The second-order valence-electron chi connectivity index (χ2n) is 2.59. The summed E-state index contributed by atoms with van der Waals surface area (Å²) in [4.78, 5) is 0. The summed E-state index contributed by atoms with van der Waals surface area (Å²) in [5.74, 6) is -14.3. The zero-order chi connectivity index (χ0) is 16.5. The van der Waals surface area contributed by atoms with Crippen molar-refractivity contribution < 1.29 is 61.4 Å². The number of rotatable bonds is 1. The van der Waals surface area contributed by atoms with E-state index in [1.54, 1.807) is 0 Å². The lowest BCUT2D eigenvalue weighted by atomic mass is 10.1. The molecule has 0 aliphatic carbocycles. The van der Waals surface area contributed by atoms with Crippen LogP contribution in [0.3, 0.4) is 0 Å². The molecule has 0 bridgehead atoms. The highest BCUT2D eigenvalue weighted by Crippen LogP contribution is 2.53. The standard InChI is InChI=1S/C4F10.H2O4S/c5-1(6,3(9,10)11)2(7,8)4(12,13)14;1-5(2,3)4/h;(H2,1,2,3,4). The van der Waals surface area contributed by atoms with Gasteiger partial charge in [0.05, 0.1) is 0 Å². The minimum absolute atomic E-state index is 4.67. The Balaban J connectivity index is 0. The van der Waals surface area contributed by atoms with Gasteiger partial charge >= 0.3 is 34.6 Å². The van der Waals surface area contributed by atoms with Crippen LogP contribution in [0.4, 0.5) is 43.9 Å². The molecule has 0 heterocycles. The van der Waals surface area contributed by atoms with Crippen molar-refractivity contribution in [1.82, 2.24) is 0 Å². The topological polar surface area (TPSA) is 74.6 Å². The zero-order valence-corrected chi connectivity index (χ0v) is 8.72. The van der Waals surface area contributed by atoms with E-state index in [1.807, 2.05) is 0 Å². The maximum absolute atomic E-state index is 11.6. The van der Waals surface area contributed by atoms with Crippen LogP contribution in [0.15, 0.2) is 0 Å². The van der Waals surface area contributed by atoms with Gasteiger partial charge in [-0.2, -0.15) is 52.3 Å². The van der Waals surface area contributed by atoms with E-state index >= 15 is 0 Å². The van der Waals surface area contributed by atoms with Crippen LogP contribution in [0.2, 0.25) is 0 Å². The Hall–Kier alpha value is -0.830. The lowest BCUT2D eigenvalue weighted by molar-refractivity contribution is -0.419. The van der Waals surface area contributed by atoms with Crippen molar-refractivity contribution in [2.45, 2.75) is 24.2 Å². The summed E-state index contributed by atoms with van der Waals surface area (Å²) in [7, 11) is -4.67. The minimum atomic E-state index is -7.14. The maximum Gasteiger partial charge on any atom is 0.460 e. The van der Waals surface area contributed by atoms with Crippen molar-refractivity contribution in [3.63, 3.8) is 0 Å². The van der Waals surface area contributed by atoms with E-state index in [-0.39, 0.29) is 0 Å². The molecule has 0 saturated heterocycles. The first-order valence-corrected chi connectivity index (χ1v) is 4.74. The molecule has 15 heteroatoms. The normalized spacial score (nSPS) is 14.7. The van der Waals surface area contributed by atoms with Gasteiger partial charge in [-0.3, -0.25) is 9.11 Å². The minimum Gasteiger partial charge on any atom is -0.264 e. The summed E-state index contributed by atoms with van der Waals surface area (Å²) >= 11 is 0. The lowest BCUT2D eigenvalue weighted by Gasteiger charge is -2.29. The van der Waals surface area contributed by atoms with Crippen LogP contribution in [0, 0.1) is 0 Å². The fourth-order valence-electron chi connectivity index (χ4n) is 0.356. The number of hydrogen-bond donors (Lipinski definition) is 2. The van der Waals surface area contributed by atoms with E-state index in [2.05, 4.69) is 0 Å². The highest BCUT2D eigenvalue weighted by atomic mass is 32.3. The molecule has 0 rings (SSSR count). The Labute approximate surface area is 97.1 Å². The number of hydrogen-bond acceptors (Lipinski definition) is 2. The van der Waals surface area contributed by atoms with Crippen molar-refractivity contribution in [3.05, 3.63) is 0 Å². The molecule has 0 spiro atoms. The molecule has 4 nitrogen and oxygen atoms in total. The van der Waals surface area contributed by atoms with E-state index in [1.165, 1.54) is 0 Å². The molecule has 0 atom stereocenters. The Morgan fingerprint density at radius 1 is 0.579 bits per heavy atom. The largest absolute Gasteiger partial charge is 0.460 e. The summed E-state index contributed by atoms with van der Waals surface area (Å²) in [6.07, 6.45) is -13.9. The molecular formula is C4H2F10O4S. The van der Waals surface area contributed by atoms with E-state index < -0.39 is 34.6 Å². The van der Waals surface area contributed by atoms with E-state index in [0.717, 1.165) is 0 Å². The van der Waals surface area contributed by atoms with Crippen LogP contribution >= 0.6 is 0 Å². The Morgan fingerprint density at radius 2 is 0.684 bits per heavy atom. The predicted octanol–water partition coefficient (Wildman–Crippen LogP) is 2.73. The Kier molecular flexibility index (Phi) is 5.69. The lowest BCUT2D eigenvalue weighted by Crippen LogP contribution is -2.59. The molecule has 2 N–H and O–H groups in total. The van der Waals surface area contributed by atoms with Gasteiger partial charge in [-0.15, -0.1) is 0 Å². The summed E-state index contributed by atoms with van der Waals surface area (Å²) in [5.41, 5.74) is 0. The third kappa shape index (κ3) is 5.77. The zero-order valence-electron chi connectivity index (χ0n) is 7.90. The van der Waals surface area contributed by atoms with Crippen molar-refractivity contribution in [2.75, 3.05) is 0 Å². The van der Waals surface area contributed by atoms with Gasteiger partial charge in [0.1, 0.15) is 0 Å². The number of halogens is 10. The third-order valence-electron chi connectivity index (χ3n) is 1.11. The quantitative estimate of drug-likeness (QED) is 0.570. The Morgan fingerprint density at radius 3 is 0.737 bits per heavy atom. The second kappa shape index (κ2) is 5.28. The van der Waals surface area contributed by atoms with Gasteiger partial charge in [0.25, 0.3) is 0 Å². The summed E-state index contributed by atoms with van der Waals surface area (Å²) in [5, 5.41) is 0. The van der Waals surface area contributed by atoms with Crippen molar-refractivity contribution in [3.8, 4) is 0 Å². The van der Waals surface area contributed by atoms with Crippen LogP contribution < -0.4 is 0 Å². The van der Waals surface area contributed by atoms with Gasteiger partial charge in [-0.1, -0.05) is 0 Å². The molecular weight excluding hydrogens is 334 g/mol. The van der Waals surface area contributed by atoms with E-state index in [0.29, 0.717) is 0 Å². The van der Waals surface area contributed by atoms with Crippen LogP contribution in [0.5, 0.6) is 0 Å². The van der Waals surface area contributed by atoms with Crippen LogP contribution in [0.25, 0.3) is 0 Å². The molecule has 0 fully saturated rings. The fraction of sp³-hybridized carbons (Fsp3) is 1.00. The summed E-state index contributed by atoms with van der Waals surface area (Å²) in [6.45, 7) is 0. The first kappa shape index (κ1) is 20.5. The van der Waals surface area contributed by atoms with Crippen molar-refractivity contribution in [2.24, 2.45) is 0 Å². The van der Waals surface area contributed by atoms with Gasteiger partial charge in [-0.25, -0.2) is 0 Å². The maximum atomic E-state index is 11.6. The highest BCUT2D eigenvalue weighted by molar-refractivity contribution is 7.79. The molecule has 0 amide bonds. The molecule has 19 heavy (non-hydrogen) atoms. The molecule has 0 aromatic rings. The molecule has 0 saturated carbocycles. The summed E-state index contributed by atoms with van der Waals surface area (Å²) in [6, 6.07) is 0. The van der Waals surface area contributed by atoms with E-state index in [9.17, 15) is 43.9 Å². The van der Waals surface area contributed by atoms with E-state index in [4.69, 9.17) is 17.5 Å². The molecule has 0 aliphatic rings. The van der Waals surface area contributed by atoms with Crippen molar-refractivity contribution in [1.29, 1.82) is 0 Å². The molecule has 0 unspecified atom stereocenters. The molecule has 0 radical (unpaired) electrons. The second-order valence-corrected chi connectivity index (χ2v) is 3.49. The third-order valence-corrected chi connectivity index (χ3v) is 1.11. The average molecular weight is 336 g/mol. The first-order chi connectivity index (χ1) is 7.75.